The number of amides is 4. The van der Waals surface area contributed by atoms with Gasteiger partial charge in [-0.2, -0.15) is 0 Å². The van der Waals surface area contributed by atoms with Gasteiger partial charge in [-0.25, -0.2) is 19.5 Å². The van der Waals surface area contributed by atoms with Crippen molar-refractivity contribution in [1.29, 1.82) is 0 Å². The van der Waals surface area contributed by atoms with Crippen LogP contribution in [0.1, 0.15) is 27.7 Å². The lowest BCUT2D eigenvalue weighted by atomic mass is 10.0. The smallest absolute Gasteiger partial charge is 0.357 e. The maximum absolute atomic E-state index is 13.5. The summed E-state index contributed by atoms with van der Waals surface area (Å²) in [7, 11) is 1.22. The summed E-state index contributed by atoms with van der Waals surface area (Å²) in [5, 5.41) is 7.14. The van der Waals surface area contributed by atoms with Crippen LogP contribution in [0.2, 0.25) is 5.02 Å². The van der Waals surface area contributed by atoms with Crippen LogP contribution >= 0.6 is 22.9 Å². The molecule has 2 unspecified atom stereocenters. The number of carbonyl (C=O) groups excluding carboxylic acids is 4. The number of halogens is 1. The predicted octanol–water partition coefficient (Wildman–Crippen LogP) is 3.15. The number of hydrogen-bond acceptors (Lipinski definition) is 9. The van der Waals surface area contributed by atoms with Crippen molar-refractivity contribution in [3.63, 3.8) is 0 Å². The van der Waals surface area contributed by atoms with E-state index in [9.17, 15) is 19.2 Å². The molecule has 1 fully saturated rings. The molecule has 2 aromatic carbocycles. The second-order valence-corrected chi connectivity index (χ2v) is 9.30. The lowest BCUT2D eigenvalue weighted by Crippen LogP contribution is -2.49. The molecule has 0 saturated carbocycles. The third-order valence-corrected chi connectivity index (χ3v) is 6.94. The summed E-state index contributed by atoms with van der Waals surface area (Å²) >= 11 is 7.32. The monoisotopic (exact) mass is 542 g/mol. The van der Waals surface area contributed by atoms with Gasteiger partial charge >= 0.3 is 12.0 Å². The Kier molecular flexibility index (Phi) is 6.68. The van der Waals surface area contributed by atoms with Crippen LogP contribution in [0.5, 0.6) is 11.5 Å². The number of carbonyl (C=O) groups is 4. The highest BCUT2D eigenvalue weighted by atomic mass is 35.5. The van der Waals surface area contributed by atoms with E-state index >= 15 is 0 Å². The molecule has 11 nitrogen and oxygen atoms in total. The topological polar surface area (TPSA) is 136 Å². The van der Waals surface area contributed by atoms with Crippen LogP contribution < -0.4 is 20.1 Å². The van der Waals surface area contributed by atoms with E-state index in [0.29, 0.717) is 27.6 Å². The van der Waals surface area contributed by atoms with Gasteiger partial charge < -0.3 is 24.8 Å². The minimum absolute atomic E-state index is 0.0170. The molecule has 2 N–H and O–H groups in total. The Bertz CT molecular complexity index is 1410. The average molecular weight is 543 g/mol. The van der Waals surface area contributed by atoms with Crippen LogP contribution in [0, 0.1) is 0 Å². The summed E-state index contributed by atoms with van der Waals surface area (Å²) in [5.74, 6) is -0.979. The number of esters is 1. The maximum Gasteiger partial charge on any atom is 0.357 e. The van der Waals surface area contributed by atoms with Gasteiger partial charge in [0.15, 0.2) is 22.3 Å². The summed E-state index contributed by atoms with van der Waals surface area (Å²) in [5.41, 5.74) is 1.05. The molecular formula is C24H19ClN4O7S. The third kappa shape index (κ3) is 4.80. The van der Waals surface area contributed by atoms with Gasteiger partial charge in [0.05, 0.1) is 7.11 Å². The zero-order valence-electron chi connectivity index (χ0n) is 19.2. The first-order valence-electron chi connectivity index (χ1n) is 11.0. The van der Waals surface area contributed by atoms with Gasteiger partial charge in [0.2, 0.25) is 12.7 Å². The van der Waals surface area contributed by atoms with Crippen LogP contribution in [-0.4, -0.2) is 53.6 Å². The first kappa shape index (κ1) is 24.5. The van der Waals surface area contributed by atoms with Gasteiger partial charge in [0.25, 0.3) is 5.91 Å². The van der Waals surface area contributed by atoms with E-state index in [1.165, 1.54) is 12.5 Å². The molecule has 3 aromatic rings. The largest absolute Gasteiger partial charge is 0.464 e. The van der Waals surface area contributed by atoms with Crippen LogP contribution in [-0.2, 0) is 20.7 Å². The number of hydrogen-bond donors (Lipinski definition) is 2. The fraction of sp³-hybridized carbons (Fsp3) is 0.208. The Morgan fingerprint density at radius 1 is 1.24 bits per heavy atom. The number of ether oxygens (including phenoxy) is 3. The number of nitrogens with zero attached hydrogens (tertiary/aromatic N) is 2. The van der Waals surface area contributed by atoms with Crippen molar-refractivity contribution >= 4 is 51.9 Å². The Hall–Kier alpha value is -4.16. The molecule has 0 radical (unpaired) electrons. The van der Waals surface area contributed by atoms with Crippen molar-refractivity contribution in [3.8, 4) is 11.5 Å². The van der Waals surface area contributed by atoms with Gasteiger partial charge in [0.1, 0.15) is 12.1 Å². The zero-order chi connectivity index (χ0) is 26.1. The predicted molar refractivity (Wildman–Crippen MR) is 132 cm³/mol. The molecule has 5 rings (SSSR count). The average Bonchev–Trinajstić information content (AvgIpc) is 3.62. The van der Waals surface area contributed by atoms with E-state index in [0.717, 1.165) is 16.2 Å². The third-order valence-electron chi connectivity index (χ3n) is 5.82. The number of imide groups is 1. The molecule has 37 heavy (non-hydrogen) atoms. The van der Waals surface area contributed by atoms with Crippen LogP contribution in [0.4, 0.5) is 9.93 Å². The number of anilines is 1. The summed E-state index contributed by atoms with van der Waals surface area (Å²) in [4.78, 5) is 56.7. The number of rotatable bonds is 7. The van der Waals surface area contributed by atoms with Crippen LogP contribution in [0.3, 0.4) is 0 Å². The number of nitrogens with one attached hydrogen (secondary N) is 2. The Morgan fingerprint density at radius 3 is 2.81 bits per heavy atom. The molecule has 0 bridgehead atoms. The van der Waals surface area contributed by atoms with Crippen LogP contribution in [0.25, 0.3) is 0 Å². The molecule has 13 heteroatoms. The van der Waals surface area contributed by atoms with Crippen LogP contribution in [0.15, 0.2) is 47.8 Å². The van der Waals surface area contributed by atoms with Gasteiger partial charge in [-0.1, -0.05) is 35.9 Å². The maximum atomic E-state index is 13.5. The lowest BCUT2D eigenvalue weighted by molar-refractivity contribution is -0.134. The highest BCUT2D eigenvalue weighted by Crippen LogP contribution is 2.36. The van der Waals surface area contributed by atoms with Crippen molar-refractivity contribution in [2.24, 2.45) is 0 Å². The number of fused-ring (bicyclic) bond motifs is 1. The number of benzene rings is 2. The van der Waals surface area contributed by atoms with Gasteiger partial charge in [-0.05, 0) is 29.3 Å². The molecule has 0 spiro atoms. The highest BCUT2D eigenvalue weighted by Gasteiger charge is 2.46. The summed E-state index contributed by atoms with van der Waals surface area (Å²) < 4.78 is 15.3. The lowest BCUT2D eigenvalue weighted by Gasteiger charge is -2.24. The molecule has 190 valence electrons. The number of urea groups is 1. The van der Waals surface area contributed by atoms with Crippen molar-refractivity contribution in [2.75, 3.05) is 19.2 Å². The van der Waals surface area contributed by atoms with E-state index in [2.05, 4.69) is 20.4 Å². The second-order valence-electron chi connectivity index (χ2n) is 8.03. The van der Waals surface area contributed by atoms with Gasteiger partial charge in [-0.15, -0.1) is 11.3 Å². The summed E-state index contributed by atoms with van der Waals surface area (Å²) in [6.45, 7) is 0.0599. The van der Waals surface area contributed by atoms with E-state index in [1.807, 2.05) is 0 Å². The molecule has 1 aromatic heterocycles. The first-order chi connectivity index (χ1) is 17.9. The van der Waals surface area contributed by atoms with E-state index in [1.54, 1.807) is 42.5 Å². The van der Waals surface area contributed by atoms with Crippen molar-refractivity contribution in [2.45, 2.75) is 18.5 Å². The Morgan fingerprint density at radius 2 is 2.03 bits per heavy atom. The van der Waals surface area contributed by atoms with E-state index in [-0.39, 0.29) is 24.0 Å². The van der Waals surface area contributed by atoms with Crippen molar-refractivity contribution < 1.29 is 33.4 Å². The molecule has 2 aliphatic heterocycles. The summed E-state index contributed by atoms with van der Waals surface area (Å²) in [6.07, 6.45) is -0.0479. The van der Waals surface area contributed by atoms with E-state index < -0.39 is 35.9 Å². The number of thiazole rings is 1. The zero-order valence-corrected chi connectivity index (χ0v) is 20.8. The van der Waals surface area contributed by atoms with E-state index in [4.69, 9.17) is 21.1 Å². The molecule has 2 aliphatic rings. The molecule has 0 aliphatic carbocycles. The minimum atomic E-state index is -1.27. The standard InChI is InChI=1S/C24H19ClN4O7S/c1-34-22(32)15-10-37-23(26-15)28-20(30)16(8-12-4-2-3-5-14(12)25)29-21(31)19(27-24(29)33)13-6-7-17-18(9-13)36-11-35-17/h2-7,9-10,16,19H,8,11H2,1H3,(H,27,33)(H,26,28,30). The fourth-order valence-electron chi connectivity index (χ4n) is 4.00. The normalized spacial score (nSPS) is 16.9. The Balaban J connectivity index is 1.44. The molecule has 1 saturated heterocycles. The first-order valence-corrected chi connectivity index (χ1v) is 12.2. The van der Waals surface area contributed by atoms with Gasteiger partial charge in [0, 0.05) is 16.8 Å². The second kappa shape index (κ2) is 10.1. The highest BCUT2D eigenvalue weighted by molar-refractivity contribution is 7.14. The van der Waals surface area contributed by atoms with Gasteiger partial charge in [-0.3, -0.25) is 9.59 Å². The minimum Gasteiger partial charge on any atom is -0.464 e. The molecule has 4 amide bonds. The fourth-order valence-corrected chi connectivity index (χ4v) is 4.89. The molecular weight excluding hydrogens is 524 g/mol. The quantitative estimate of drug-likeness (QED) is 0.343. The molecule has 3 heterocycles. The number of aromatic nitrogens is 1. The SMILES string of the molecule is COC(=O)c1csc(NC(=O)C(Cc2ccccc2Cl)N2C(=O)NC(c3ccc4c(c3)OCO4)C2=O)n1. The number of methoxy groups -OCH3 is 1. The molecule has 2 atom stereocenters. The van der Waals surface area contributed by atoms with Crippen molar-refractivity contribution in [1.82, 2.24) is 15.2 Å². The van der Waals surface area contributed by atoms with Crippen molar-refractivity contribution in [3.05, 3.63) is 69.7 Å². The summed E-state index contributed by atoms with van der Waals surface area (Å²) in [6, 6.07) is 8.69. The Labute approximate surface area is 219 Å².